The number of anilines is 1. The summed E-state index contributed by atoms with van der Waals surface area (Å²) in [5.41, 5.74) is 5.10. The third-order valence-corrected chi connectivity index (χ3v) is 3.11. The Labute approximate surface area is 134 Å². The van der Waals surface area contributed by atoms with Gasteiger partial charge < -0.3 is 10.1 Å². The minimum atomic E-state index is 0.403. The molecule has 1 amide bonds. The maximum absolute atomic E-state index is 8.94. The highest BCUT2D eigenvalue weighted by Gasteiger charge is 2.07. The highest BCUT2D eigenvalue weighted by Crippen LogP contribution is 2.24. The number of aromatic nitrogens is 1. The van der Waals surface area contributed by atoms with Crippen LogP contribution >= 0.6 is 11.6 Å². The summed E-state index contributed by atoms with van der Waals surface area (Å²) in [6, 6.07) is 9.63. The van der Waals surface area contributed by atoms with Gasteiger partial charge in [-0.05, 0) is 30.7 Å². The van der Waals surface area contributed by atoms with Crippen LogP contribution in [-0.4, -0.2) is 18.4 Å². The number of ether oxygens (including phenoxy) is 1. The lowest BCUT2D eigenvalue weighted by Gasteiger charge is -2.13. The SMILES string of the molecule is CNc1cccc(C)c1COc1ncccc1Cl.NNC=O. The topological polar surface area (TPSA) is 89.3 Å². The molecular formula is C15H19ClN4O2. The van der Waals surface area contributed by atoms with E-state index in [1.165, 1.54) is 5.56 Å². The Morgan fingerprint density at radius 1 is 1.36 bits per heavy atom. The van der Waals surface area contributed by atoms with Crippen molar-refractivity contribution in [1.82, 2.24) is 10.4 Å². The average Bonchev–Trinajstić information content (AvgIpc) is 2.55. The number of hydrogen-bond acceptors (Lipinski definition) is 5. The summed E-state index contributed by atoms with van der Waals surface area (Å²) in [6.45, 7) is 2.50. The van der Waals surface area contributed by atoms with Crippen LogP contribution in [0.25, 0.3) is 0 Å². The molecule has 0 saturated carbocycles. The number of carbonyl (C=O) groups excluding carboxylic acids is 1. The maximum atomic E-state index is 8.94. The fourth-order valence-corrected chi connectivity index (χ4v) is 1.92. The van der Waals surface area contributed by atoms with Gasteiger partial charge in [-0.15, -0.1) is 0 Å². The minimum Gasteiger partial charge on any atom is -0.472 e. The van der Waals surface area contributed by atoms with Crippen molar-refractivity contribution >= 4 is 23.7 Å². The highest BCUT2D eigenvalue weighted by atomic mass is 35.5. The van der Waals surface area contributed by atoms with E-state index in [1.54, 1.807) is 23.8 Å². The molecule has 0 bridgehead atoms. The summed E-state index contributed by atoms with van der Waals surface area (Å²) >= 11 is 6.00. The average molecular weight is 323 g/mol. The molecule has 1 aromatic heterocycles. The van der Waals surface area contributed by atoms with Gasteiger partial charge in [-0.2, -0.15) is 0 Å². The number of hydrogen-bond donors (Lipinski definition) is 3. The molecule has 118 valence electrons. The number of rotatable bonds is 5. The molecule has 6 nitrogen and oxygen atoms in total. The second-order valence-corrected chi connectivity index (χ2v) is 4.62. The highest BCUT2D eigenvalue weighted by molar-refractivity contribution is 6.31. The first-order valence-corrected chi connectivity index (χ1v) is 6.91. The van der Waals surface area contributed by atoms with Crippen LogP contribution in [-0.2, 0) is 11.4 Å². The van der Waals surface area contributed by atoms with Gasteiger partial charge in [-0.3, -0.25) is 10.2 Å². The van der Waals surface area contributed by atoms with Crippen molar-refractivity contribution in [2.24, 2.45) is 5.84 Å². The molecule has 0 aliphatic heterocycles. The van der Waals surface area contributed by atoms with Crippen LogP contribution in [0, 0.1) is 6.92 Å². The summed E-state index contributed by atoms with van der Waals surface area (Å²) in [5, 5.41) is 3.68. The molecule has 0 radical (unpaired) electrons. The summed E-state index contributed by atoms with van der Waals surface area (Å²) in [4.78, 5) is 13.0. The molecule has 0 aliphatic carbocycles. The Kier molecular flexibility index (Phi) is 7.74. The van der Waals surface area contributed by atoms with Crippen LogP contribution in [0.1, 0.15) is 11.1 Å². The van der Waals surface area contributed by atoms with Gasteiger partial charge >= 0.3 is 0 Å². The first-order valence-electron chi connectivity index (χ1n) is 6.53. The monoisotopic (exact) mass is 322 g/mol. The van der Waals surface area contributed by atoms with Crippen LogP contribution < -0.4 is 21.3 Å². The predicted molar refractivity (Wildman–Crippen MR) is 87.7 cm³/mol. The normalized spacial score (nSPS) is 9.27. The Morgan fingerprint density at radius 3 is 2.68 bits per heavy atom. The molecule has 2 rings (SSSR count). The van der Waals surface area contributed by atoms with Crippen LogP contribution in [0.5, 0.6) is 5.88 Å². The van der Waals surface area contributed by atoms with E-state index in [4.69, 9.17) is 21.1 Å². The fraction of sp³-hybridized carbons (Fsp3) is 0.200. The van der Waals surface area contributed by atoms with Crippen LogP contribution in [0.4, 0.5) is 5.69 Å². The van der Waals surface area contributed by atoms with E-state index in [-0.39, 0.29) is 0 Å². The van der Waals surface area contributed by atoms with Gasteiger partial charge in [-0.1, -0.05) is 23.7 Å². The maximum Gasteiger partial charge on any atom is 0.232 e. The Balaban J connectivity index is 0.000000541. The molecule has 1 heterocycles. The van der Waals surface area contributed by atoms with Gasteiger partial charge in [-0.25, -0.2) is 10.8 Å². The smallest absolute Gasteiger partial charge is 0.232 e. The van der Waals surface area contributed by atoms with Gasteiger partial charge in [0.1, 0.15) is 11.6 Å². The van der Waals surface area contributed by atoms with E-state index in [1.807, 2.05) is 19.2 Å². The van der Waals surface area contributed by atoms with Crippen molar-refractivity contribution in [2.45, 2.75) is 13.5 Å². The zero-order valence-electron chi connectivity index (χ0n) is 12.5. The molecule has 0 fully saturated rings. The fourth-order valence-electron chi connectivity index (χ4n) is 1.75. The zero-order valence-corrected chi connectivity index (χ0v) is 13.2. The van der Waals surface area contributed by atoms with Crippen LogP contribution in [0.2, 0.25) is 5.02 Å². The number of halogens is 1. The Bertz CT molecular complexity index is 608. The van der Waals surface area contributed by atoms with Gasteiger partial charge in [0.05, 0.1) is 0 Å². The molecule has 0 saturated heterocycles. The van der Waals surface area contributed by atoms with E-state index < -0.39 is 0 Å². The number of nitrogens with two attached hydrogens (primary N) is 1. The molecule has 1 aromatic carbocycles. The molecule has 0 atom stereocenters. The van der Waals surface area contributed by atoms with Gasteiger partial charge in [0.2, 0.25) is 12.3 Å². The van der Waals surface area contributed by atoms with Crippen molar-refractivity contribution in [3.63, 3.8) is 0 Å². The standard InChI is InChI=1S/C14H15ClN2O.CH4N2O/c1-10-5-3-7-13(16-2)11(10)9-18-14-12(15)6-4-8-17-14;2-3-1-4/h3-8,16H,9H2,1-2H3;1H,2H2,(H,3,4). The number of nitrogens with zero attached hydrogens (tertiary/aromatic N) is 1. The number of nitrogens with one attached hydrogen (secondary N) is 2. The first kappa shape index (κ1) is 17.7. The third-order valence-electron chi connectivity index (χ3n) is 2.83. The second kappa shape index (κ2) is 9.59. The molecule has 7 heteroatoms. The summed E-state index contributed by atoms with van der Waals surface area (Å²) in [6.07, 6.45) is 2.07. The quantitative estimate of drug-likeness (QED) is 0.340. The lowest BCUT2D eigenvalue weighted by Crippen LogP contribution is -2.18. The largest absolute Gasteiger partial charge is 0.472 e. The van der Waals surface area contributed by atoms with Crippen molar-refractivity contribution in [1.29, 1.82) is 0 Å². The lowest BCUT2D eigenvalue weighted by atomic mass is 10.1. The van der Waals surface area contributed by atoms with Crippen LogP contribution in [0.15, 0.2) is 36.5 Å². The number of benzene rings is 1. The van der Waals surface area contributed by atoms with E-state index in [2.05, 4.69) is 29.1 Å². The number of carbonyl (C=O) groups is 1. The van der Waals surface area contributed by atoms with E-state index >= 15 is 0 Å². The molecule has 0 spiro atoms. The molecule has 22 heavy (non-hydrogen) atoms. The number of amides is 1. The van der Waals surface area contributed by atoms with E-state index in [0.29, 0.717) is 23.9 Å². The van der Waals surface area contributed by atoms with Crippen molar-refractivity contribution in [3.8, 4) is 5.88 Å². The summed E-state index contributed by atoms with van der Waals surface area (Å²) < 4.78 is 5.66. The zero-order chi connectivity index (χ0) is 16.4. The predicted octanol–water partition coefficient (Wildman–Crippen LogP) is 2.27. The third kappa shape index (κ3) is 5.23. The number of aryl methyl sites for hydroxylation is 1. The number of pyridine rings is 1. The molecule has 0 aliphatic rings. The van der Waals surface area contributed by atoms with Gasteiger partial charge in [0, 0.05) is 24.5 Å². The lowest BCUT2D eigenvalue weighted by molar-refractivity contribution is -0.109. The molecule has 0 unspecified atom stereocenters. The molecule has 4 N–H and O–H groups in total. The van der Waals surface area contributed by atoms with Crippen molar-refractivity contribution in [2.75, 3.05) is 12.4 Å². The molecule has 2 aromatic rings. The Morgan fingerprint density at radius 2 is 2.09 bits per heavy atom. The van der Waals surface area contributed by atoms with Gasteiger partial charge in [0.25, 0.3) is 0 Å². The van der Waals surface area contributed by atoms with E-state index in [0.717, 1.165) is 11.3 Å². The van der Waals surface area contributed by atoms with Crippen LogP contribution in [0.3, 0.4) is 0 Å². The van der Waals surface area contributed by atoms with E-state index in [9.17, 15) is 0 Å². The Hall–Kier alpha value is -2.31. The van der Waals surface area contributed by atoms with Gasteiger partial charge in [0.15, 0.2) is 0 Å². The number of hydrazine groups is 1. The summed E-state index contributed by atoms with van der Waals surface area (Å²) in [5.74, 6) is 4.87. The first-order chi connectivity index (χ1) is 10.6. The minimum absolute atomic E-state index is 0.403. The second-order valence-electron chi connectivity index (χ2n) is 4.21. The summed E-state index contributed by atoms with van der Waals surface area (Å²) in [7, 11) is 1.89. The molecular weight excluding hydrogens is 304 g/mol. The van der Waals surface area contributed by atoms with Crippen molar-refractivity contribution in [3.05, 3.63) is 52.7 Å². The van der Waals surface area contributed by atoms with Crippen molar-refractivity contribution < 1.29 is 9.53 Å².